The van der Waals surface area contributed by atoms with Crippen molar-refractivity contribution in [1.82, 2.24) is 0 Å². The molecule has 70 valence electrons. The molecule has 0 radical (unpaired) electrons. The Bertz CT molecular complexity index is 161. The molecule has 0 aromatic carbocycles. The number of Topliss-reactive ketones (excluding diaryl/α,β-unsaturated/α-hetero) is 1. The minimum Gasteiger partial charge on any atom is -0.371 e. The molecule has 0 spiro atoms. The van der Waals surface area contributed by atoms with E-state index in [1.54, 1.807) is 6.92 Å². The van der Waals surface area contributed by atoms with Gasteiger partial charge in [-0.15, -0.1) is 6.58 Å². The molecule has 0 heterocycles. The molecule has 0 amide bonds. The van der Waals surface area contributed by atoms with Gasteiger partial charge in [0.2, 0.25) is 0 Å². The van der Waals surface area contributed by atoms with Crippen LogP contribution in [0.4, 0.5) is 0 Å². The number of hydrogen-bond donors (Lipinski definition) is 0. The fraction of sp³-hybridized carbons (Fsp3) is 0.700. The zero-order valence-corrected chi connectivity index (χ0v) is 8.22. The molecule has 0 aliphatic carbocycles. The molecule has 0 aromatic rings. The third-order valence-corrected chi connectivity index (χ3v) is 1.67. The van der Waals surface area contributed by atoms with Crippen LogP contribution in [0.5, 0.6) is 0 Å². The van der Waals surface area contributed by atoms with Crippen molar-refractivity contribution in [3.63, 3.8) is 0 Å². The minimum atomic E-state index is -0.255. The van der Waals surface area contributed by atoms with Gasteiger partial charge in [-0.25, -0.2) is 0 Å². The molecule has 2 nitrogen and oxygen atoms in total. The van der Waals surface area contributed by atoms with E-state index in [1.807, 2.05) is 13.8 Å². The van der Waals surface area contributed by atoms with E-state index in [4.69, 9.17) is 4.74 Å². The van der Waals surface area contributed by atoms with Crippen LogP contribution in [0.15, 0.2) is 12.2 Å². The number of rotatable bonds is 6. The molecule has 0 aliphatic heterocycles. The number of carbonyl (C=O) groups is 1. The molecule has 0 fully saturated rings. The monoisotopic (exact) mass is 170 g/mol. The van der Waals surface area contributed by atoms with E-state index in [1.165, 1.54) is 0 Å². The van der Waals surface area contributed by atoms with Crippen LogP contribution in [0.2, 0.25) is 0 Å². The lowest BCUT2D eigenvalue weighted by Gasteiger charge is -2.09. The maximum absolute atomic E-state index is 11.3. The average Bonchev–Trinajstić information content (AvgIpc) is 2.00. The summed E-state index contributed by atoms with van der Waals surface area (Å²) in [4.78, 5) is 11.3. The zero-order valence-electron chi connectivity index (χ0n) is 8.22. The Morgan fingerprint density at radius 1 is 1.50 bits per heavy atom. The van der Waals surface area contributed by atoms with Crippen LogP contribution in [0, 0.1) is 0 Å². The Morgan fingerprint density at radius 2 is 2.08 bits per heavy atom. The number of ether oxygens (including phenoxy) is 1. The van der Waals surface area contributed by atoms with Gasteiger partial charge in [0.15, 0.2) is 5.78 Å². The molecule has 0 aromatic heterocycles. The highest BCUT2D eigenvalue weighted by Gasteiger charge is 2.11. The van der Waals surface area contributed by atoms with E-state index in [9.17, 15) is 4.79 Å². The molecule has 0 saturated carbocycles. The van der Waals surface area contributed by atoms with E-state index >= 15 is 0 Å². The topological polar surface area (TPSA) is 26.3 Å². The van der Waals surface area contributed by atoms with Crippen molar-refractivity contribution in [1.29, 1.82) is 0 Å². The van der Waals surface area contributed by atoms with Crippen molar-refractivity contribution in [3.8, 4) is 0 Å². The van der Waals surface area contributed by atoms with E-state index in [0.29, 0.717) is 13.0 Å². The van der Waals surface area contributed by atoms with Crippen molar-refractivity contribution >= 4 is 5.78 Å². The van der Waals surface area contributed by atoms with Crippen molar-refractivity contribution in [2.24, 2.45) is 0 Å². The Kier molecular flexibility index (Phi) is 5.64. The highest BCUT2D eigenvalue weighted by atomic mass is 16.5. The summed E-state index contributed by atoms with van der Waals surface area (Å²) in [5.41, 5.74) is 1.05. The van der Waals surface area contributed by atoms with Gasteiger partial charge in [0.05, 0.1) is 0 Å². The maximum Gasteiger partial charge on any atom is 0.161 e. The van der Waals surface area contributed by atoms with Gasteiger partial charge in [-0.05, 0) is 27.2 Å². The van der Waals surface area contributed by atoms with Gasteiger partial charge in [-0.3, -0.25) is 4.79 Å². The van der Waals surface area contributed by atoms with Gasteiger partial charge in [0.25, 0.3) is 0 Å². The van der Waals surface area contributed by atoms with Crippen LogP contribution in [0.3, 0.4) is 0 Å². The fourth-order valence-corrected chi connectivity index (χ4v) is 0.883. The molecule has 2 heteroatoms. The second-order valence-corrected chi connectivity index (χ2v) is 3.02. The second-order valence-electron chi connectivity index (χ2n) is 3.02. The van der Waals surface area contributed by atoms with Crippen LogP contribution < -0.4 is 0 Å². The Hall–Kier alpha value is -0.630. The summed E-state index contributed by atoms with van der Waals surface area (Å²) in [6, 6.07) is 0. The molecule has 0 saturated heterocycles. The molecular formula is C10H18O2. The summed E-state index contributed by atoms with van der Waals surface area (Å²) in [5, 5.41) is 0. The predicted octanol–water partition coefficient (Wildman–Crippen LogP) is 2.34. The largest absolute Gasteiger partial charge is 0.371 e. The quantitative estimate of drug-likeness (QED) is 0.572. The second kappa shape index (κ2) is 5.95. The van der Waals surface area contributed by atoms with E-state index in [-0.39, 0.29) is 11.9 Å². The molecule has 0 aliphatic rings. The standard InChI is InChI=1S/C10H18O2/c1-5-12-9(4)10(11)7-6-8(2)3/h9H,2,5-7H2,1,3-4H3. The minimum absolute atomic E-state index is 0.167. The number of ketones is 1. The summed E-state index contributed by atoms with van der Waals surface area (Å²) in [7, 11) is 0. The normalized spacial score (nSPS) is 12.6. The van der Waals surface area contributed by atoms with Crippen LogP contribution in [-0.2, 0) is 9.53 Å². The van der Waals surface area contributed by atoms with Gasteiger partial charge < -0.3 is 4.74 Å². The third-order valence-electron chi connectivity index (χ3n) is 1.67. The van der Waals surface area contributed by atoms with Crippen LogP contribution in [0.1, 0.15) is 33.6 Å². The van der Waals surface area contributed by atoms with Gasteiger partial charge >= 0.3 is 0 Å². The summed E-state index contributed by atoms with van der Waals surface area (Å²) < 4.78 is 5.16. The molecule has 0 rings (SSSR count). The third kappa shape index (κ3) is 5.08. The molecule has 0 N–H and O–H groups in total. The fourth-order valence-electron chi connectivity index (χ4n) is 0.883. The van der Waals surface area contributed by atoms with Crippen molar-refractivity contribution in [2.75, 3.05) is 6.61 Å². The lowest BCUT2D eigenvalue weighted by molar-refractivity contribution is -0.129. The Morgan fingerprint density at radius 3 is 2.50 bits per heavy atom. The lowest BCUT2D eigenvalue weighted by Crippen LogP contribution is -2.20. The first-order valence-corrected chi connectivity index (χ1v) is 4.36. The summed E-state index contributed by atoms with van der Waals surface area (Å²) in [6.07, 6.45) is 1.07. The first kappa shape index (κ1) is 11.4. The molecule has 0 bridgehead atoms. The number of carbonyl (C=O) groups excluding carboxylic acids is 1. The lowest BCUT2D eigenvalue weighted by atomic mass is 10.1. The first-order valence-electron chi connectivity index (χ1n) is 4.36. The molecule has 12 heavy (non-hydrogen) atoms. The SMILES string of the molecule is C=C(C)CCC(=O)C(C)OCC. The van der Waals surface area contributed by atoms with E-state index in [2.05, 4.69) is 6.58 Å². The number of hydrogen-bond acceptors (Lipinski definition) is 2. The zero-order chi connectivity index (χ0) is 9.56. The van der Waals surface area contributed by atoms with Gasteiger partial charge in [-0.1, -0.05) is 5.57 Å². The van der Waals surface area contributed by atoms with Crippen LogP contribution >= 0.6 is 0 Å². The number of allylic oxidation sites excluding steroid dienone is 1. The van der Waals surface area contributed by atoms with Gasteiger partial charge in [0, 0.05) is 13.0 Å². The highest BCUT2D eigenvalue weighted by Crippen LogP contribution is 2.05. The van der Waals surface area contributed by atoms with Crippen molar-refractivity contribution < 1.29 is 9.53 Å². The van der Waals surface area contributed by atoms with E-state index in [0.717, 1.165) is 12.0 Å². The van der Waals surface area contributed by atoms with Gasteiger partial charge in [0.1, 0.15) is 6.10 Å². The molecule has 1 atom stereocenters. The molecule has 1 unspecified atom stereocenters. The summed E-state index contributed by atoms with van der Waals surface area (Å²) in [6.45, 7) is 9.95. The highest BCUT2D eigenvalue weighted by molar-refractivity contribution is 5.82. The van der Waals surface area contributed by atoms with Crippen LogP contribution in [-0.4, -0.2) is 18.5 Å². The van der Waals surface area contributed by atoms with Crippen LogP contribution in [0.25, 0.3) is 0 Å². The average molecular weight is 170 g/mol. The summed E-state index contributed by atoms with van der Waals surface area (Å²) >= 11 is 0. The Labute approximate surface area is 74.6 Å². The predicted molar refractivity (Wildman–Crippen MR) is 50.1 cm³/mol. The maximum atomic E-state index is 11.3. The molecular weight excluding hydrogens is 152 g/mol. The van der Waals surface area contributed by atoms with Gasteiger partial charge in [-0.2, -0.15) is 0 Å². The van der Waals surface area contributed by atoms with E-state index < -0.39 is 0 Å². The van der Waals surface area contributed by atoms with Crippen molar-refractivity contribution in [2.45, 2.75) is 39.7 Å². The summed E-state index contributed by atoms with van der Waals surface area (Å²) in [5.74, 6) is 0.167. The first-order chi connectivity index (χ1) is 5.57. The smallest absolute Gasteiger partial charge is 0.161 e. The van der Waals surface area contributed by atoms with Crippen molar-refractivity contribution in [3.05, 3.63) is 12.2 Å². The Balaban J connectivity index is 3.64.